The molecule has 0 spiro atoms. The van der Waals surface area contributed by atoms with Gasteiger partial charge in [0.1, 0.15) is 9.84 Å². The number of benzene rings is 1. The van der Waals surface area contributed by atoms with E-state index in [0.29, 0.717) is 6.42 Å². The van der Waals surface area contributed by atoms with Gasteiger partial charge < -0.3 is 5.11 Å². The fourth-order valence-electron chi connectivity index (χ4n) is 2.87. The number of hydrogen-bond donors (Lipinski definition) is 1. The zero-order chi connectivity index (χ0) is 14.1. The lowest BCUT2D eigenvalue weighted by atomic mass is 9.68. The Morgan fingerprint density at radius 1 is 1.37 bits per heavy atom. The summed E-state index contributed by atoms with van der Waals surface area (Å²) in [6.07, 6.45) is 3.46. The Morgan fingerprint density at radius 3 is 2.68 bits per heavy atom. The summed E-state index contributed by atoms with van der Waals surface area (Å²) >= 11 is 0. The van der Waals surface area contributed by atoms with Crippen molar-refractivity contribution < 1.29 is 18.3 Å². The van der Waals surface area contributed by atoms with Gasteiger partial charge in [0, 0.05) is 6.26 Å². The highest BCUT2D eigenvalue weighted by Crippen LogP contribution is 2.40. The van der Waals surface area contributed by atoms with E-state index in [1.165, 1.54) is 0 Å². The topological polar surface area (TPSA) is 71.4 Å². The van der Waals surface area contributed by atoms with Gasteiger partial charge in [-0.3, -0.25) is 4.79 Å². The molecule has 1 N–H and O–H groups in total. The van der Waals surface area contributed by atoms with Crippen LogP contribution >= 0.6 is 0 Å². The summed E-state index contributed by atoms with van der Waals surface area (Å²) in [5.41, 5.74) is 0.778. The molecule has 1 aromatic carbocycles. The zero-order valence-corrected chi connectivity index (χ0v) is 11.7. The van der Waals surface area contributed by atoms with Crippen LogP contribution in [0.1, 0.15) is 30.4 Å². The smallest absolute Gasteiger partial charge is 0.314 e. The van der Waals surface area contributed by atoms with Gasteiger partial charge in [0.05, 0.1) is 11.2 Å². The summed E-state index contributed by atoms with van der Waals surface area (Å²) in [6.45, 7) is 0. The van der Waals surface area contributed by atoms with Gasteiger partial charge in [-0.25, -0.2) is 8.42 Å². The first-order chi connectivity index (χ1) is 8.85. The number of carboxylic acid groups (broad SMARTS) is 1. The molecule has 0 radical (unpaired) electrons. The van der Waals surface area contributed by atoms with E-state index in [0.717, 1.165) is 30.2 Å². The number of fused-ring (bicyclic) bond motifs is 1. The summed E-state index contributed by atoms with van der Waals surface area (Å²) < 4.78 is 22.7. The van der Waals surface area contributed by atoms with Crippen molar-refractivity contribution in [2.45, 2.75) is 31.1 Å². The fourth-order valence-corrected chi connectivity index (χ4v) is 3.59. The molecule has 4 nitrogen and oxygen atoms in total. The lowest BCUT2D eigenvalue weighted by Crippen LogP contribution is -2.40. The first-order valence-corrected chi connectivity index (χ1v) is 8.41. The molecular weight excluding hydrogens is 264 g/mol. The largest absolute Gasteiger partial charge is 0.481 e. The number of sulfone groups is 1. The number of aliphatic carboxylic acids is 1. The molecule has 0 saturated carbocycles. The highest BCUT2D eigenvalue weighted by atomic mass is 32.2. The Bertz CT molecular complexity index is 591. The SMILES string of the molecule is CS(=O)(=O)CCC1(C(=O)O)CCCc2ccccc21. The van der Waals surface area contributed by atoms with E-state index < -0.39 is 21.2 Å². The second-order valence-electron chi connectivity index (χ2n) is 5.28. The van der Waals surface area contributed by atoms with Crippen molar-refractivity contribution >= 4 is 15.8 Å². The quantitative estimate of drug-likeness (QED) is 0.913. The second kappa shape index (κ2) is 4.96. The zero-order valence-electron chi connectivity index (χ0n) is 10.9. The molecule has 19 heavy (non-hydrogen) atoms. The van der Waals surface area contributed by atoms with Crippen LogP contribution < -0.4 is 0 Å². The number of carboxylic acids is 1. The molecule has 1 aromatic rings. The predicted molar refractivity (Wildman–Crippen MR) is 73.0 cm³/mol. The summed E-state index contributed by atoms with van der Waals surface area (Å²) in [6, 6.07) is 7.48. The minimum Gasteiger partial charge on any atom is -0.481 e. The van der Waals surface area contributed by atoms with E-state index >= 15 is 0 Å². The summed E-state index contributed by atoms with van der Waals surface area (Å²) in [5.74, 6) is -1.00. The maximum absolute atomic E-state index is 11.8. The van der Waals surface area contributed by atoms with Gasteiger partial charge in [-0.1, -0.05) is 24.3 Å². The molecule has 0 bridgehead atoms. The number of hydrogen-bond acceptors (Lipinski definition) is 3. The number of aryl methyl sites for hydroxylation is 1. The molecule has 104 valence electrons. The van der Waals surface area contributed by atoms with E-state index in [-0.39, 0.29) is 12.2 Å². The van der Waals surface area contributed by atoms with Gasteiger partial charge in [-0.2, -0.15) is 0 Å². The average Bonchev–Trinajstić information content (AvgIpc) is 2.35. The minimum absolute atomic E-state index is 0.0896. The van der Waals surface area contributed by atoms with E-state index in [2.05, 4.69) is 0 Å². The first kappa shape index (κ1) is 14.1. The summed E-state index contributed by atoms with van der Waals surface area (Å²) in [4.78, 5) is 11.8. The van der Waals surface area contributed by atoms with Crippen molar-refractivity contribution in [3.8, 4) is 0 Å². The van der Waals surface area contributed by atoms with Crippen LogP contribution in [0.2, 0.25) is 0 Å². The summed E-state index contributed by atoms with van der Waals surface area (Å²) in [5, 5.41) is 9.64. The van der Waals surface area contributed by atoms with Crippen LogP contribution in [0.25, 0.3) is 0 Å². The van der Waals surface area contributed by atoms with Crippen molar-refractivity contribution in [3.63, 3.8) is 0 Å². The minimum atomic E-state index is -3.16. The predicted octanol–water partition coefficient (Wildman–Crippen LogP) is 1.78. The van der Waals surface area contributed by atoms with Crippen LogP contribution in [0.3, 0.4) is 0 Å². The van der Waals surface area contributed by atoms with Crippen molar-refractivity contribution in [1.82, 2.24) is 0 Å². The Morgan fingerprint density at radius 2 is 2.05 bits per heavy atom. The van der Waals surface area contributed by atoms with Gasteiger partial charge in [-0.15, -0.1) is 0 Å². The second-order valence-corrected chi connectivity index (χ2v) is 7.54. The molecular formula is C14H18O4S. The third-order valence-electron chi connectivity index (χ3n) is 3.89. The van der Waals surface area contributed by atoms with E-state index in [1.54, 1.807) is 0 Å². The van der Waals surface area contributed by atoms with Crippen LogP contribution in [-0.4, -0.2) is 31.5 Å². The van der Waals surface area contributed by atoms with E-state index in [9.17, 15) is 18.3 Å². The van der Waals surface area contributed by atoms with Crippen LogP contribution in [0.4, 0.5) is 0 Å². The lowest BCUT2D eigenvalue weighted by Gasteiger charge is -2.35. The molecule has 0 fully saturated rings. The summed E-state index contributed by atoms with van der Waals surface area (Å²) in [7, 11) is -3.16. The first-order valence-electron chi connectivity index (χ1n) is 6.35. The monoisotopic (exact) mass is 282 g/mol. The molecule has 0 aromatic heterocycles. The maximum Gasteiger partial charge on any atom is 0.314 e. The van der Waals surface area contributed by atoms with Crippen LogP contribution in [0, 0.1) is 0 Å². The van der Waals surface area contributed by atoms with Gasteiger partial charge in [0.2, 0.25) is 0 Å². The standard InChI is InChI=1S/C14H18O4S/c1-19(17,18)10-9-14(13(15)16)8-4-6-11-5-2-3-7-12(11)14/h2-3,5,7H,4,6,8-10H2,1H3,(H,15,16). The molecule has 0 saturated heterocycles. The molecule has 5 heteroatoms. The highest BCUT2D eigenvalue weighted by molar-refractivity contribution is 7.90. The van der Waals surface area contributed by atoms with Crippen LogP contribution in [0.15, 0.2) is 24.3 Å². The molecule has 0 amide bonds. The van der Waals surface area contributed by atoms with Gasteiger partial charge in [0.25, 0.3) is 0 Å². The third kappa shape index (κ3) is 2.81. The molecule has 1 atom stereocenters. The average molecular weight is 282 g/mol. The molecule has 1 aliphatic carbocycles. The van der Waals surface area contributed by atoms with Crippen molar-refractivity contribution in [3.05, 3.63) is 35.4 Å². The van der Waals surface area contributed by atoms with Crippen LogP contribution in [-0.2, 0) is 26.5 Å². The van der Waals surface area contributed by atoms with Gasteiger partial charge in [-0.05, 0) is 36.8 Å². The van der Waals surface area contributed by atoms with E-state index in [1.807, 2.05) is 24.3 Å². The molecule has 1 unspecified atom stereocenters. The Hall–Kier alpha value is -1.36. The third-order valence-corrected chi connectivity index (χ3v) is 4.84. The number of rotatable bonds is 4. The molecule has 2 rings (SSSR count). The fraction of sp³-hybridized carbons (Fsp3) is 0.500. The molecule has 0 heterocycles. The van der Waals surface area contributed by atoms with Crippen molar-refractivity contribution in [2.24, 2.45) is 0 Å². The maximum atomic E-state index is 11.8. The highest BCUT2D eigenvalue weighted by Gasteiger charge is 2.43. The lowest BCUT2D eigenvalue weighted by molar-refractivity contribution is -0.144. The van der Waals surface area contributed by atoms with Crippen LogP contribution in [0.5, 0.6) is 0 Å². The van der Waals surface area contributed by atoms with Crippen molar-refractivity contribution in [1.29, 1.82) is 0 Å². The Kier molecular flexibility index (Phi) is 3.67. The molecule has 1 aliphatic rings. The van der Waals surface area contributed by atoms with Gasteiger partial charge in [0.15, 0.2) is 0 Å². The van der Waals surface area contributed by atoms with E-state index in [4.69, 9.17) is 0 Å². The Balaban J connectivity index is 2.44. The molecule has 0 aliphatic heterocycles. The van der Waals surface area contributed by atoms with Crippen molar-refractivity contribution in [2.75, 3.05) is 12.0 Å². The number of carbonyl (C=O) groups is 1. The van der Waals surface area contributed by atoms with Gasteiger partial charge >= 0.3 is 5.97 Å². The normalized spacial score (nSPS) is 22.8. The Labute approximate surface area is 113 Å².